The van der Waals surface area contributed by atoms with Crippen LogP contribution < -0.4 is 5.63 Å². The molecule has 2 heteroatoms. The minimum atomic E-state index is -0.273. The summed E-state index contributed by atoms with van der Waals surface area (Å²) in [6, 6.07) is 3.25. The smallest absolute Gasteiger partial charge is 0.335 e. The van der Waals surface area contributed by atoms with Crippen LogP contribution in [0.15, 0.2) is 21.3 Å². The van der Waals surface area contributed by atoms with Crippen LogP contribution in [0.1, 0.15) is 32.1 Å². The Labute approximate surface area is 72.2 Å². The number of hydrogen-bond acceptors (Lipinski definition) is 2. The van der Waals surface area contributed by atoms with Crippen LogP contribution in [-0.2, 0) is 5.41 Å². The van der Waals surface area contributed by atoms with Crippen molar-refractivity contribution in [2.45, 2.75) is 33.1 Å². The summed E-state index contributed by atoms with van der Waals surface area (Å²) in [5.41, 5.74) is 0.664. The van der Waals surface area contributed by atoms with Crippen molar-refractivity contribution >= 4 is 0 Å². The van der Waals surface area contributed by atoms with Crippen molar-refractivity contribution in [2.24, 2.45) is 0 Å². The highest BCUT2D eigenvalue weighted by molar-refractivity contribution is 5.20. The fourth-order valence-corrected chi connectivity index (χ4v) is 1.23. The molecule has 0 atom stereocenters. The molecule has 0 aliphatic carbocycles. The van der Waals surface area contributed by atoms with Crippen molar-refractivity contribution in [1.29, 1.82) is 0 Å². The largest absolute Gasteiger partial charge is 0.427 e. The molecule has 0 aliphatic rings. The summed E-state index contributed by atoms with van der Waals surface area (Å²) in [6.45, 7) is 8.03. The van der Waals surface area contributed by atoms with E-state index in [1.807, 2.05) is 27.7 Å². The molecule has 0 saturated heterocycles. The van der Waals surface area contributed by atoms with Crippen molar-refractivity contribution in [3.8, 4) is 0 Å². The standard InChI is InChI=1S/C10H14O2/c1-7-5-6-8(11)12-9(7)10(2,3)4/h5-6H,1-4H3. The van der Waals surface area contributed by atoms with Gasteiger partial charge in [0.1, 0.15) is 5.76 Å². The van der Waals surface area contributed by atoms with Gasteiger partial charge < -0.3 is 4.42 Å². The van der Waals surface area contributed by atoms with Gasteiger partial charge in [0.25, 0.3) is 0 Å². The number of hydrogen-bond donors (Lipinski definition) is 0. The van der Waals surface area contributed by atoms with Gasteiger partial charge >= 0.3 is 5.63 Å². The average Bonchev–Trinajstić information content (AvgIpc) is 1.92. The van der Waals surface area contributed by atoms with Crippen molar-refractivity contribution in [3.05, 3.63) is 33.9 Å². The maximum absolute atomic E-state index is 10.9. The van der Waals surface area contributed by atoms with Crippen LogP contribution in [0.5, 0.6) is 0 Å². The van der Waals surface area contributed by atoms with Gasteiger partial charge in [-0.15, -0.1) is 0 Å². The molecule has 0 spiro atoms. The fraction of sp³-hybridized carbons (Fsp3) is 0.500. The lowest BCUT2D eigenvalue weighted by atomic mass is 9.90. The molecule has 0 saturated carbocycles. The van der Waals surface area contributed by atoms with Crippen molar-refractivity contribution in [1.82, 2.24) is 0 Å². The summed E-state index contributed by atoms with van der Waals surface area (Å²) in [5.74, 6) is 0.773. The topological polar surface area (TPSA) is 30.2 Å². The second-order valence-corrected chi connectivity index (χ2v) is 4.02. The summed E-state index contributed by atoms with van der Waals surface area (Å²) in [7, 11) is 0. The fourth-order valence-electron chi connectivity index (χ4n) is 1.23. The Bertz CT molecular complexity index is 328. The van der Waals surface area contributed by atoms with E-state index in [2.05, 4.69) is 0 Å². The molecular formula is C10H14O2. The molecule has 0 radical (unpaired) electrons. The third kappa shape index (κ3) is 1.76. The molecule has 0 N–H and O–H groups in total. The lowest BCUT2D eigenvalue weighted by molar-refractivity contribution is 0.373. The summed E-state index contributed by atoms with van der Waals surface area (Å²) < 4.78 is 5.12. The van der Waals surface area contributed by atoms with Gasteiger partial charge in [-0.25, -0.2) is 4.79 Å². The molecule has 0 unspecified atom stereocenters. The molecule has 0 aliphatic heterocycles. The van der Waals surface area contributed by atoms with Crippen LogP contribution in [0, 0.1) is 6.92 Å². The molecule has 0 bridgehead atoms. The first-order valence-corrected chi connectivity index (χ1v) is 4.02. The predicted octanol–water partition coefficient (Wildman–Crippen LogP) is 2.25. The Morgan fingerprint density at radius 1 is 1.25 bits per heavy atom. The molecule has 1 heterocycles. The first kappa shape index (κ1) is 9.04. The highest BCUT2D eigenvalue weighted by Crippen LogP contribution is 2.23. The third-order valence-corrected chi connectivity index (χ3v) is 1.71. The van der Waals surface area contributed by atoms with E-state index in [0.29, 0.717) is 0 Å². The van der Waals surface area contributed by atoms with Crippen molar-refractivity contribution in [2.75, 3.05) is 0 Å². The van der Waals surface area contributed by atoms with Crippen LogP contribution in [0.3, 0.4) is 0 Å². The number of rotatable bonds is 0. The zero-order chi connectivity index (χ0) is 9.35. The van der Waals surface area contributed by atoms with Gasteiger partial charge in [0.2, 0.25) is 0 Å². The molecule has 0 amide bonds. The van der Waals surface area contributed by atoms with Crippen LogP contribution in [0.25, 0.3) is 0 Å². The van der Waals surface area contributed by atoms with E-state index < -0.39 is 0 Å². The molecule has 1 aromatic heterocycles. The van der Waals surface area contributed by atoms with Crippen molar-refractivity contribution < 1.29 is 4.42 Å². The minimum absolute atomic E-state index is 0.0928. The summed E-state index contributed by atoms with van der Waals surface area (Å²) in [4.78, 5) is 10.9. The monoisotopic (exact) mass is 166 g/mol. The molecule has 2 nitrogen and oxygen atoms in total. The van der Waals surface area contributed by atoms with Crippen molar-refractivity contribution in [3.63, 3.8) is 0 Å². The molecule has 1 aromatic rings. The molecule has 1 rings (SSSR count). The van der Waals surface area contributed by atoms with E-state index in [-0.39, 0.29) is 11.0 Å². The van der Waals surface area contributed by atoms with E-state index in [1.165, 1.54) is 6.07 Å². The van der Waals surface area contributed by atoms with Gasteiger partial charge in [0, 0.05) is 11.5 Å². The lowest BCUT2D eigenvalue weighted by Gasteiger charge is -2.18. The highest BCUT2D eigenvalue weighted by atomic mass is 16.4. The average molecular weight is 166 g/mol. The molecule has 0 fully saturated rings. The minimum Gasteiger partial charge on any atom is -0.427 e. The Morgan fingerprint density at radius 3 is 2.25 bits per heavy atom. The van der Waals surface area contributed by atoms with Crippen LogP contribution >= 0.6 is 0 Å². The first-order valence-electron chi connectivity index (χ1n) is 4.02. The zero-order valence-corrected chi connectivity index (χ0v) is 7.97. The highest BCUT2D eigenvalue weighted by Gasteiger charge is 2.19. The zero-order valence-electron chi connectivity index (χ0n) is 7.97. The first-order chi connectivity index (χ1) is 5.41. The molecular weight excluding hydrogens is 152 g/mol. The normalized spacial score (nSPS) is 11.7. The predicted molar refractivity (Wildman–Crippen MR) is 48.4 cm³/mol. The van der Waals surface area contributed by atoms with Gasteiger partial charge in [-0.3, -0.25) is 0 Å². The second-order valence-electron chi connectivity index (χ2n) is 4.02. The van der Waals surface area contributed by atoms with Gasteiger partial charge in [-0.05, 0) is 18.6 Å². The van der Waals surface area contributed by atoms with E-state index >= 15 is 0 Å². The Kier molecular flexibility index (Phi) is 2.09. The third-order valence-electron chi connectivity index (χ3n) is 1.71. The molecule has 0 aromatic carbocycles. The Morgan fingerprint density at radius 2 is 1.83 bits per heavy atom. The van der Waals surface area contributed by atoms with Gasteiger partial charge in [0.05, 0.1) is 0 Å². The lowest BCUT2D eigenvalue weighted by Crippen LogP contribution is -2.16. The second kappa shape index (κ2) is 2.77. The maximum Gasteiger partial charge on any atom is 0.335 e. The molecule has 12 heavy (non-hydrogen) atoms. The number of aryl methyl sites for hydroxylation is 1. The van der Waals surface area contributed by atoms with E-state index in [9.17, 15) is 4.79 Å². The summed E-state index contributed by atoms with van der Waals surface area (Å²) in [5, 5.41) is 0. The van der Waals surface area contributed by atoms with E-state index in [1.54, 1.807) is 6.07 Å². The van der Waals surface area contributed by atoms with Crippen LogP contribution in [-0.4, -0.2) is 0 Å². The van der Waals surface area contributed by atoms with Gasteiger partial charge in [0.15, 0.2) is 0 Å². The summed E-state index contributed by atoms with van der Waals surface area (Å²) in [6.07, 6.45) is 0. The van der Waals surface area contributed by atoms with Crippen LogP contribution in [0.4, 0.5) is 0 Å². The maximum atomic E-state index is 10.9. The van der Waals surface area contributed by atoms with Crippen LogP contribution in [0.2, 0.25) is 0 Å². The Hall–Kier alpha value is -1.05. The van der Waals surface area contributed by atoms with Gasteiger partial charge in [-0.2, -0.15) is 0 Å². The van der Waals surface area contributed by atoms with Gasteiger partial charge in [-0.1, -0.05) is 20.8 Å². The Balaban J connectivity index is 3.33. The molecule has 66 valence electrons. The van der Waals surface area contributed by atoms with E-state index in [4.69, 9.17) is 4.42 Å². The van der Waals surface area contributed by atoms with E-state index in [0.717, 1.165) is 11.3 Å². The summed E-state index contributed by atoms with van der Waals surface area (Å²) >= 11 is 0. The quantitative estimate of drug-likeness (QED) is 0.591. The SMILES string of the molecule is Cc1ccc(=O)oc1C(C)(C)C.